The Balaban J connectivity index is 1.93. The molecular weight excluding hydrogens is 321 g/mol. The molecule has 0 radical (unpaired) electrons. The molecule has 0 aromatic heterocycles. The van der Waals surface area contributed by atoms with Crippen molar-refractivity contribution in [3.05, 3.63) is 65.2 Å². The van der Waals surface area contributed by atoms with Crippen LogP contribution in [-0.2, 0) is 6.54 Å². The van der Waals surface area contributed by atoms with Crippen molar-refractivity contribution < 1.29 is 22.7 Å². The van der Waals surface area contributed by atoms with Gasteiger partial charge in [0.1, 0.15) is 5.75 Å². The molecule has 0 aliphatic heterocycles. The zero-order valence-corrected chi connectivity index (χ0v) is 12.4. The maximum absolute atomic E-state index is 12.1. The lowest BCUT2D eigenvalue weighted by atomic mass is 10.1. The van der Waals surface area contributed by atoms with Crippen molar-refractivity contribution in [3.8, 4) is 11.8 Å². The SMILES string of the molecule is N#Cc1ccc(C(=O)NCc2cccc(OCC(F)(F)F)c2)cc1. The number of nitrogens with one attached hydrogen (secondary N) is 1. The van der Waals surface area contributed by atoms with Crippen molar-refractivity contribution in [2.75, 3.05) is 6.61 Å². The number of carbonyl (C=O) groups is 1. The number of nitriles is 1. The minimum Gasteiger partial charge on any atom is -0.484 e. The summed E-state index contributed by atoms with van der Waals surface area (Å²) in [5, 5.41) is 11.4. The highest BCUT2D eigenvalue weighted by molar-refractivity contribution is 5.94. The molecule has 2 aromatic carbocycles. The molecule has 124 valence electrons. The van der Waals surface area contributed by atoms with Gasteiger partial charge in [0.2, 0.25) is 0 Å². The van der Waals surface area contributed by atoms with E-state index < -0.39 is 12.8 Å². The molecule has 0 aliphatic carbocycles. The number of benzene rings is 2. The summed E-state index contributed by atoms with van der Waals surface area (Å²) in [5.74, 6) is -0.265. The fourth-order valence-electron chi connectivity index (χ4n) is 1.89. The minimum absolute atomic E-state index is 0.0810. The number of nitrogens with zero attached hydrogens (tertiary/aromatic N) is 1. The summed E-state index contributed by atoms with van der Waals surface area (Å²) in [6.07, 6.45) is -4.40. The number of alkyl halides is 3. The molecule has 0 spiro atoms. The van der Waals surface area contributed by atoms with Crippen LogP contribution < -0.4 is 10.1 Å². The lowest BCUT2D eigenvalue weighted by Gasteiger charge is -2.11. The van der Waals surface area contributed by atoms with E-state index >= 15 is 0 Å². The molecule has 0 saturated carbocycles. The summed E-state index contributed by atoms with van der Waals surface area (Å²) in [6, 6.07) is 14.1. The van der Waals surface area contributed by atoms with Crippen molar-refractivity contribution in [2.45, 2.75) is 12.7 Å². The third-order valence-corrected chi connectivity index (χ3v) is 3.03. The maximum Gasteiger partial charge on any atom is 0.422 e. The predicted molar refractivity (Wildman–Crippen MR) is 80.3 cm³/mol. The Morgan fingerprint density at radius 3 is 2.50 bits per heavy atom. The number of carbonyl (C=O) groups excluding carboxylic acids is 1. The molecule has 0 saturated heterocycles. The van der Waals surface area contributed by atoms with Gasteiger partial charge in [-0.05, 0) is 42.0 Å². The first-order valence-electron chi connectivity index (χ1n) is 6.94. The molecule has 2 aromatic rings. The van der Waals surface area contributed by atoms with E-state index in [1.165, 1.54) is 36.4 Å². The highest BCUT2D eigenvalue weighted by atomic mass is 19.4. The Hall–Kier alpha value is -3.01. The first-order valence-corrected chi connectivity index (χ1v) is 6.94. The van der Waals surface area contributed by atoms with Crippen LogP contribution in [0.25, 0.3) is 0 Å². The Morgan fingerprint density at radius 2 is 1.88 bits per heavy atom. The van der Waals surface area contributed by atoms with E-state index in [1.54, 1.807) is 12.1 Å². The third-order valence-electron chi connectivity index (χ3n) is 3.03. The van der Waals surface area contributed by atoms with Crippen molar-refractivity contribution >= 4 is 5.91 Å². The maximum atomic E-state index is 12.1. The van der Waals surface area contributed by atoms with Crippen molar-refractivity contribution in [3.63, 3.8) is 0 Å². The molecule has 0 aliphatic rings. The normalized spacial score (nSPS) is 10.8. The highest BCUT2D eigenvalue weighted by Crippen LogP contribution is 2.19. The van der Waals surface area contributed by atoms with Crippen LogP contribution in [0.3, 0.4) is 0 Å². The molecule has 4 nitrogen and oxygen atoms in total. The average molecular weight is 334 g/mol. The molecule has 2 rings (SSSR count). The molecule has 0 heterocycles. The number of ether oxygens (including phenoxy) is 1. The van der Waals surface area contributed by atoms with E-state index in [0.29, 0.717) is 16.7 Å². The second-order valence-corrected chi connectivity index (χ2v) is 4.92. The van der Waals surface area contributed by atoms with Gasteiger partial charge in [0, 0.05) is 12.1 Å². The third kappa shape index (κ3) is 5.32. The van der Waals surface area contributed by atoms with Crippen molar-refractivity contribution in [2.24, 2.45) is 0 Å². The van der Waals surface area contributed by atoms with Crippen molar-refractivity contribution in [1.29, 1.82) is 5.26 Å². The van der Waals surface area contributed by atoms with E-state index in [1.807, 2.05) is 6.07 Å². The standard InChI is InChI=1S/C17H13F3N2O2/c18-17(19,20)11-24-15-3-1-2-13(8-15)10-22-16(23)14-6-4-12(9-21)5-7-14/h1-8H,10-11H2,(H,22,23). The summed E-state index contributed by atoms with van der Waals surface area (Å²) < 4.78 is 41.1. The molecule has 1 N–H and O–H groups in total. The van der Waals surface area contributed by atoms with Crippen molar-refractivity contribution in [1.82, 2.24) is 5.32 Å². The molecule has 0 unspecified atom stereocenters. The number of hydrogen-bond donors (Lipinski definition) is 1. The number of hydrogen-bond acceptors (Lipinski definition) is 3. The first kappa shape index (κ1) is 17.3. The summed E-state index contributed by atoms with van der Waals surface area (Å²) >= 11 is 0. The molecular formula is C17H13F3N2O2. The van der Waals surface area contributed by atoms with Gasteiger partial charge in [-0.2, -0.15) is 18.4 Å². The Kier molecular flexibility index (Phi) is 5.42. The van der Waals surface area contributed by atoms with Gasteiger partial charge < -0.3 is 10.1 Å². The zero-order valence-electron chi connectivity index (χ0n) is 12.4. The fraction of sp³-hybridized carbons (Fsp3) is 0.176. The second kappa shape index (κ2) is 7.51. The Bertz CT molecular complexity index is 750. The van der Waals surface area contributed by atoms with Crippen LogP contribution in [0.1, 0.15) is 21.5 Å². The van der Waals surface area contributed by atoms with E-state index in [9.17, 15) is 18.0 Å². The molecule has 7 heteroatoms. The van der Waals surface area contributed by atoms with E-state index in [2.05, 4.69) is 10.1 Å². The summed E-state index contributed by atoms with van der Waals surface area (Å²) in [7, 11) is 0. The Morgan fingerprint density at radius 1 is 1.17 bits per heavy atom. The topological polar surface area (TPSA) is 62.1 Å². The summed E-state index contributed by atoms with van der Waals surface area (Å²) in [4.78, 5) is 12.0. The number of amides is 1. The highest BCUT2D eigenvalue weighted by Gasteiger charge is 2.28. The van der Waals surface area contributed by atoms with Gasteiger partial charge in [-0.15, -0.1) is 0 Å². The quantitative estimate of drug-likeness (QED) is 0.911. The van der Waals surface area contributed by atoms with Gasteiger partial charge in [-0.25, -0.2) is 0 Å². The fourth-order valence-corrected chi connectivity index (χ4v) is 1.89. The predicted octanol–water partition coefficient (Wildman–Crippen LogP) is 3.43. The van der Waals surface area contributed by atoms with Crippen LogP contribution in [0.5, 0.6) is 5.75 Å². The Labute approximate surface area is 136 Å². The van der Waals surface area contributed by atoms with Gasteiger partial charge in [0.25, 0.3) is 5.91 Å². The van der Waals surface area contributed by atoms with E-state index in [0.717, 1.165) is 0 Å². The van der Waals surface area contributed by atoms with E-state index in [4.69, 9.17) is 5.26 Å². The summed E-state index contributed by atoms with van der Waals surface area (Å²) in [5.41, 5.74) is 1.44. The van der Waals surface area contributed by atoms with Gasteiger partial charge >= 0.3 is 6.18 Å². The van der Waals surface area contributed by atoms with Crippen LogP contribution in [0.2, 0.25) is 0 Å². The summed E-state index contributed by atoms with van der Waals surface area (Å²) in [6.45, 7) is -1.23. The smallest absolute Gasteiger partial charge is 0.422 e. The second-order valence-electron chi connectivity index (χ2n) is 4.92. The monoisotopic (exact) mass is 334 g/mol. The average Bonchev–Trinajstić information content (AvgIpc) is 2.58. The van der Waals surface area contributed by atoms with Crippen LogP contribution in [0, 0.1) is 11.3 Å². The van der Waals surface area contributed by atoms with Gasteiger partial charge in [-0.3, -0.25) is 4.79 Å². The first-order chi connectivity index (χ1) is 11.4. The van der Waals surface area contributed by atoms with Gasteiger partial charge in [0.05, 0.1) is 11.6 Å². The van der Waals surface area contributed by atoms with Crippen LogP contribution in [-0.4, -0.2) is 18.7 Å². The number of halogens is 3. The minimum atomic E-state index is -4.40. The molecule has 0 fully saturated rings. The van der Waals surface area contributed by atoms with Crippen LogP contribution >= 0.6 is 0 Å². The molecule has 0 atom stereocenters. The lowest BCUT2D eigenvalue weighted by molar-refractivity contribution is -0.153. The van der Waals surface area contributed by atoms with E-state index in [-0.39, 0.29) is 18.2 Å². The van der Waals surface area contributed by atoms with Crippen LogP contribution in [0.15, 0.2) is 48.5 Å². The molecule has 0 bridgehead atoms. The largest absolute Gasteiger partial charge is 0.484 e. The number of rotatable bonds is 5. The zero-order chi connectivity index (χ0) is 17.6. The lowest BCUT2D eigenvalue weighted by Crippen LogP contribution is -2.23. The van der Waals surface area contributed by atoms with Gasteiger partial charge in [0.15, 0.2) is 6.61 Å². The molecule has 24 heavy (non-hydrogen) atoms. The molecule has 1 amide bonds. The van der Waals surface area contributed by atoms with Gasteiger partial charge in [-0.1, -0.05) is 12.1 Å². The van der Waals surface area contributed by atoms with Crippen LogP contribution in [0.4, 0.5) is 13.2 Å².